The molecule has 0 aliphatic rings. The van der Waals surface area contributed by atoms with E-state index in [1.54, 1.807) is 54.6 Å². The second-order valence-electron chi connectivity index (χ2n) is 6.49. The topological polar surface area (TPSA) is 69.2 Å². The molecule has 0 unspecified atom stereocenters. The molecule has 3 aromatic rings. The first-order chi connectivity index (χ1) is 15.4. The molecule has 0 fully saturated rings. The average molecular weight is 494 g/mol. The van der Waals surface area contributed by atoms with E-state index in [4.69, 9.17) is 49.0 Å². The Morgan fingerprint density at radius 2 is 1.81 bits per heavy atom. The maximum atomic E-state index is 12.2. The Labute approximate surface area is 200 Å². The molecule has 6 nitrogen and oxygen atoms in total. The number of amides is 1. The van der Waals surface area contributed by atoms with E-state index in [0.717, 1.165) is 5.56 Å². The first kappa shape index (κ1) is 23.7. The highest BCUT2D eigenvalue weighted by Crippen LogP contribution is 2.37. The summed E-state index contributed by atoms with van der Waals surface area (Å²) < 4.78 is 16.3. The number of methoxy groups -OCH3 is 2. The number of rotatable bonds is 8. The van der Waals surface area contributed by atoms with Crippen molar-refractivity contribution in [1.82, 2.24) is 5.43 Å². The lowest BCUT2D eigenvalue weighted by Gasteiger charge is -2.14. The third-order valence-electron chi connectivity index (χ3n) is 4.35. The maximum absolute atomic E-state index is 12.2. The van der Waals surface area contributed by atoms with E-state index in [9.17, 15) is 4.79 Å². The quantitative estimate of drug-likeness (QED) is 0.308. The van der Waals surface area contributed by atoms with Crippen molar-refractivity contribution in [3.63, 3.8) is 0 Å². The van der Waals surface area contributed by atoms with Gasteiger partial charge in [0.2, 0.25) is 0 Å². The Hall–Kier alpha value is -2.93. The summed E-state index contributed by atoms with van der Waals surface area (Å²) in [6.07, 6.45) is 1.45. The fourth-order valence-corrected chi connectivity index (χ4v) is 3.47. The van der Waals surface area contributed by atoms with Gasteiger partial charge in [0, 0.05) is 21.2 Å². The predicted octanol–water partition coefficient (Wildman–Crippen LogP) is 6.01. The van der Waals surface area contributed by atoms with Gasteiger partial charge in [0.25, 0.3) is 5.91 Å². The summed E-state index contributed by atoms with van der Waals surface area (Å²) in [6, 6.07) is 15.2. The second kappa shape index (κ2) is 11.1. The van der Waals surface area contributed by atoms with Crippen LogP contribution in [-0.2, 0) is 6.61 Å². The molecule has 0 spiro atoms. The first-order valence-electron chi connectivity index (χ1n) is 9.33. The van der Waals surface area contributed by atoms with Crippen molar-refractivity contribution in [2.24, 2.45) is 5.10 Å². The Morgan fingerprint density at radius 3 is 2.53 bits per heavy atom. The first-order valence-corrected chi connectivity index (χ1v) is 10.5. The van der Waals surface area contributed by atoms with Crippen LogP contribution in [-0.4, -0.2) is 26.3 Å². The van der Waals surface area contributed by atoms with Gasteiger partial charge in [-0.25, -0.2) is 5.43 Å². The van der Waals surface area contributed by atoms with E-state index in [-0.39, 0.29) is 12.5 Å². The van der Waals surface area contributed by atoms with Crippen molar-refractivity contribution >= 4 is 46.9 Å². The van der Waals surface area contributed by atoms with Gasteiger partial charge in [0.15, 0.2) is 11.5 Å². The minimum Gasteiger partial charge on any atom is -0.497 e. The van der Waals surface area contributed by atoms with Gasteiger partial charge in [0.05, 0.1) is 25.5 Å². The predicted molar refractivity (Wildman–Crippen MR) is 127 cm³/mol. The van der Waals surface area contributed by atoms with Crippen molar-refractivity contribution in [3.8, 4) is 17.2 Å². The van der Waals surface area contributed by atoms with Crippen LogP contribution >= 0.6 is 34.8 Å². The molecule has 0 saturated carbocycles. The molecular weight excluding hydrogens is 475 g/mol. The third kappa shape index (κ3) is 6.07. The van der Waals surface area contributed by atoms with Crippen molar-refractivity contribution < 1.29 is 19.0 Å². The molecule has 0 atom stereocenters. The number of hydrogen-bond donors (Lipinski definition) is 1. The van der Waals surface area contributed by atoms with Gasteiger partial charge in [-0.1, -0.05) is 46.9 Å². The van der Waals surface area contributed by atoms with Crippen molar-refractivity contribution in [2.75, 3.05) is 14.2 Å². The van der Waals surface area contributed by atoms with Crippen LogP contribution in [0.4, 0.5) is 0 Å². The summed E-state index contributed by atoms with van der Waals surface area (Å²) in [7, 11) is 3.03. The Bertz CT molecular complexity index is 1150. The molecule has 3 aromatic carbocycles. The van der Waals surface area contributed by atoms with Crippen molar-refractivity contribution in [1.29, 1.82) is 0 Å². The van der Waals surface area contributed by atoms with Crippen molar-refractivity contribution in [2.45, 2.75) is 6.61 Å². The molecule has 32 heavy (non-hydrogen) atoms. The SMILES string of the molecule is COc1cccc(C(=O)N/N=C/c2cc(Cl)c(OCc3ccc(Cl)cc3Cl)c(OC)c2)c1. The highest BCUT2D eigenvalue weighted by atomic mass is 35.5. The highest BCUT2D eigenvalue weighted by Gasteiger charge is 2.13. The van der Waals surface area contributed by atoms with E-state index in [1.165, 1.54) is 20.4 Å². The molecule has 0 heterocycles. The van der Waals surface area contributed by atoms with Gasteiger partial charge in [0.1, 0.15) is 12.4 Å². The smallest absolute Gasteiger partial charge is 0.271 e. The molecule has 0 aromatic heterocycles. The lowest BCUT2D eigenvalue weighted by Crippen LogP contribution is -2.17. The fraction of sp³-hybridized carbons (Fsp3) is 0.130. The van der Waals surface area contributed by atoms with Gasteiger partial charge in [-0.05, 0) is 48.0 Å². The summed E-state index contributed by atoms with van der Waals surface area (Å²) in [5.74, 6) is 0.965. The summed E-state index contributed by atoms with van der Waals surface area (Å²) in [4.78, 5) is 12.2. The number of nitrogens with one attached hydrogen (secondary N) is 1. The van der Waals surface area contributed by atoms with Crippen LogP contribution < -0.4 is 19.6 Å². The van der Waals surface area contributed by atoms with E-state index >= 15 is 0 Å². The van der Waals surface area contributed by atoms with E-state index < -0.39 is 0 Å². The average Bonchev–Trinajstić information content (AvgIpc) is 2.79. The van der Waals surface area contributed by atoms with Crippen molar-refractivity contribution in [3.05, 3.63) is 86.4 Å². The molecule has 1 amide bonds. The van der Waals surface area contributed by atoms with Crippen LogP contribution in [0.15, 0.2) is 59.7 Å². The summed E-state index contributed by atoms with van der Waals surface area (Å²) in [5.41, 5.74) is 4.24. The Kier molecular flexibility index (Phi) is 8.22. The molecule has 0 radical (unpaired) electrons. The molecule has 0 bridgehead atoms. The molecule has 166 valence electrons. The molecule has 3 rings (SSSR count). The van der Waals surface area contributed by atoms with Gasteiger partial charge in [-0.3, -0.25) is 4.79 Å². The lowest BCUT2D eigenvalue weighted by molar-refractivity contribution is 0.0955. The monoisotopic (exact) mass is 492 g/mol. The largest absolute Gasteiger partial charge is 0.497 e. The number of hydrogen-bond acceptors (Lipinski definition) is 5. The second-order valence-corrected chi connectivity index (χ2v) is 7.74. The number of halogens is 3. The maximum Gasteiger partial charge on any atom is 0.271 e. The van der Waals surface area contributed by atoms with E-state index in [2.05, 4.69) is 10.5 Å². The number of nitrogens with zero attached hydrogens (tertiary/aromatic N) is 1. The normalized spacial score (nSPS) is 10.8. The minimum absolute atomic E-state index is 0.177. The molecule has 0 aliphatic heterocycles. The zero-order valence-corrected chi connectivity index (χ0v) is 19.5. The lowest BCUT2D eigenvalue weighted by atomic mass is 10.2. The van der Waals surface area contributed by atoms with Crippen LogP contribution in [0.2, 0.25) is 15.1 Å². The molecule has 9 heteroatoms. The van der Waals surface area contributed by atoms with Crippen LogP contribution in [0.1, 0.15) is 21.5 Å². The molecule has 0 aliphatic carbocycles. The van der Waals surface area contributed by atoms with Gasteiger partial charge >= 0.3 is 0 Å². The Morgan fingerprint density at radius 1 is 1.00 bits per heavy atom. The highest BCUT2D eigenvalue weighted by molar-refractivity contribution is 6.35. The van der Waals surface area contributed by atoms with Gasteiger partial charge < -0.3 is 14.2 Å². The Balaban J connectivity index is 1.70. The number of carbonyl (C=O) groups is 1. The zero-order chi connectivity index (χ0) is 23.1. The van der Waals surface area contributed by atoms with Crippen LogP contribution in [0.5, 0.6) is 17.2 Å². The number of ether oxygens (including phenoxy) is 3. The van der Waals surface area contributed by atoms with Gasteiger partial charge in [-0.2, -0.15) is 5.10 Å². The minimum atomic E-state index is -0.377. The summed E-state index contributed by atoms with van der Waals surface area (Å²) in [5, 5.41) is 5.32. The molecule has 0 saturated heterocycles. The zero-order valence-electron chi connectivity index (χ0n) is 17.2. The summed E-state index contributed by atoms with van der Waals surface area (Å²) in [6.45, 7) is 0.177. The molecule has 1 N–H and O–H groups in total. The number of hydrazone groups is 1. The van der Waals surface area contributed by atoms with Crippen LogP contribution in [0.3, 0.4) is 0 Å². The van der Waals surface area contributed by atoms with E-state index in [1.807, 2.05) is 0 Å². The van der Waals surface area contributed by atoms with E-state index in [0.29, 0.717) is 43.4 Å². The standard InChI is InChI=1S/C23H19Cl3N2O4/c1-30-18-5-3-4-15(10-18)23(29)28-27-12-14-8-20(26)22(21(9-14)31-2)32-13-16-6-7-17(24)11-19(16)25/h3-12H,13H2,1-2H3,(H,28,29)/b27-12+. The number of carbonyl (C=O) groups excluding carboxylic acids is 1. The number of benzene rings is 3. The van der Waals surface area contributed by atoms with Crippen LogP contribution in [0, 0.1) is 0 Å². The fourth-order valence-electron chi connectivity index (χ4n) is 2.74. The third-order valence-corrected chi connectivity index (χ3v) is 5.22. The van der Waals surface area contributed by atoms with Crippen LogP contribution in [0.25, 0.3) is 0 Å². The molecular formula is C23H19Cl3N2O4. The summed E-state index contributed by atoms with van der Waals surface area (Å²) >= 11 is 18.5. The van der Waals surface area contributed by atoms with Gasteiger partial charge in [-0.15, -0.1) is 0 Å².